The van der Waals surface area contributed by atoms with Crippen LogP contribution in [0.3, 0.4) is 0 Å². The van der Waals surface area contributed by atoms with Crippen LogP contribution < -0.4 is 0 Å². The van der Waals surface area contributed by atoms with Crippen molar-refractivity contribution in [1.29, 1.82) is 0 Å². The van der Waals surface area contributed by atoms with Gasteiger partial charge in [-0.25, -0.2) is 0 Å². The van der Waals surface area contributed by atoms with Gasteiger partial charge >= 0.3 is 0 Å². The average Bonchev–Trinajstić information content (AvgIpc) is 2.54. The molecule has 0 unspecified atom stereocenters. The number of benzene rings is 2. The minimum absolute atomic E-state index is 0.153. The van der Waals surface area contributed by atoms with Gasteiger partial charge in [0.25, 0.3) is 5.69 Å². The molecule has 23 heavy (non-hydrogen) atoms. The Bertz CT molecular complexity index is 759. The second-order valence-corrected chi connectivity index (χ2v) is 7.15. The van der Waals surface area contributed by atoms with Gasteiger partial charge in [-0.2, -0.15) is 0 Å². The molecule has 0 saturated heterocycles. The molecule has 0 aliphatic carbocycles. The van der Waals surface area contributed by atoms with Crippen molar-refractivity contribution in [3.63, 3.8) is 0 Å². The normalized spacial score (nSPS) is 15.9. The van der Waals surface area contributed by atoms with Crippen LogP contribution in [0.15, 0.2) is 47.4 Å². The number of nitro benzene ring substituents is 1. The van der Waals surface area contributed by atoms with Gasteiger partial charge in [0.1, 0.15) is 0 Å². The number of hydrogen-bond acceptors (Lipinski definition) is 4. The molecule has 0 radical (unpaired) electrons. The van der Waals surface area contributed by atoms with E-state index < -0.39 is 10.8 Å². The monoisotopic (exact) mass is 330 g/mol. The van der Waals surface area contributed by atoms with Gasteiger partial charge in [-0.1, -0.05) is 18.2 Å². The van der Waals surface area contributed by atoms with E-state index in [1.807, 2.05) is 30.3 Å². The maximum atomic E-state index is 11.4. The molecule has 5 nitrogen and oxygen atoms in total. The number of nitro groups is 1. The molecule has 1 heterocycles. The Morgan fingerprint density at radius 3 is 2.57 bits per heavy atom. The van der Waals surface area contributed by atoms with E-state index in [0.717, 1.165) is 42.1 Å². The van der Waals surface area contributed by atoms with E-state index in [-0.39, 0.29) is 10.6 Å². The second-order valence-electron chi connectivity index (χ2n) is 5.77. The molecule has 0 spiro atoms. The summed E-state index contributed by atoms with van der Waals surface area (Å²) in [6, 6.07) is 12.9. The molecule has 0 amide bonds. The highest BCUT2D eigenvalue weighted by Gasteiger charge is 2.19. The molecule has 1 aliphatic rings. The summed E-state index contributed by atoms with van der Waals surface area (Å²) in [6.45, 7) is 2.45. The van der Waals surface area contributed by atoms with Crippen LogP contribution in [0.4, 0.5) is 5.69 Å². The summed E-state index contributed by atoms with van der Waals surface area (Å²) < 4.78 is 11.4. The van der Waals surface area contributed by atoms with Crippen molar-refractivity contribution < 1.29 is 9.13 Å². The van der Waals surface area contributed by atoms with E-state index in [1.54, 1.807) is 18.4 Å². The number of non-ortho nitro benzene ring substituents is 1. The molecule has 120 valence electrons. The van der Waals surface area contributed by atoms with Gasteiger partial charge in [-0.15, -0.1) is 0 Å². The molecule has 1 atom stereocenters. The van der Waals surface area contributed by atoms with Crippen LogP contribution >= 0.6 is 0 Å². The van der Waals surface area contributed by atoms with Crippen LogP contribution in [0.2, 0.25) is 0 Å². The molecule has 2 aromatic rings. The lowest BCUT2D eigenvalue weighted by Gasteiger charge is -2.28. The van der Waals surface area contributed by atoms with E-state index in [9.17, 15) is 14.3 Å². The van der Waals surface area contributed by atoms with E-state index in [1.165, 1.54) is 5.56 Å². The predicted octanol–water partition coefficient (Wildman–Crippen LogP) is 2.89. The zero-order chi connectivity index (χ0) is 16.4. The first kappa shape index (κ1) is 15.8. The summed E-state index contributed by atoms with van der Waals surface area (Å²) in [5, 5.41) is 10.9. The summed E-state index contributed by atoms with van der Waals surface area (Å²) >= 11 is 0. The Morgan fingerprint density at radius 1 is 1.17 bits per heavy atom. The van der Waals surface area contributed by atoms with Crippen LogP contribution in [0.25, 0.3) is 0 Å². The van der Waals surface area contributed by atoms with Crippen molar-refractivity contribution >= 4 is 16.5 Å². The smallest absolute Gasteiger partial charge is 0.269 e. The molecule has 2 aromatic carbocycles. The molecule has 6 heteroatoms. The van der Waals surface area contributed by atoms with Crippen LogP contribution in [0, 0.1) is 10.1 Å². The molecular formula is C17H18N2O3S. The standard InChI is InChI=1S/C17H18N2O3S/c1-23(22)17-6-2-13(3-7-17)11-18-9-8-14-4-5-16(19(20)21)10-15(14)12-18/h2-7,10H,8-9,11-12H2,1H3/t23-/m0/s1. The van der Waals surface area contributed by atoms with Gasteiger partial charge in [0.15, 0.2) is 0 Å². The summed E-state index contributed by atoms with van der Waals surface area (Å²) in [7, 11) is -0.958. The molecule has 3 rings (SSSR count). The third-order valence-corrected chi connectivity index (χ3v) is 5.09. The molecule has 0 N–H and O–H groups in total. The molecule has 0 aromatic heterocycles. The Labute approximate surface area is 137 Å². The van der Waals surface area contributed by atoms with Gasteiger partial charge in [0.2, 0.25) is 0 Å². The van der Waals surface area contributed by atoms with Gasteiger partial charge in [0.05, 0.1) is 4.92 Å². The Kier molecular flexibility index (Phi) is 4.54. The minimum atomic E-state index is -0.958. The number of hydrogen-bond donors (Lipinski definition) is 0. The van der Waals surface area contributed by atoms with Crippen LogP contribution in [-0.4, -0.2) is 26.8 Å². The third-order valence-electron chi connectivity index (χ3n) is 4.15. The van der Waals surface area contributed by atoms with Crippen LogP contribution in [-0.2, 0) is 30.3 Å². The molecular weight excluding hydrogens is 312 g/mol. The predicted molar refractivity (Wildman–Crippen MR) is 89.7 cm³/mol. The molecule has 0 fully saturated rings. The fourth-order valence-electron chi connectivity index (χ4n) is 2.90. The van der Waals surface area contributed by atoms with Crippen molar-refractivity contribution in [2.45, 2.75) is 24.4 Å². The highest BCUT2D eigenvalue weighted by molar-refractivity contribution is 7.84. The summed E-state index contributed by atoms with van der Waals surface area (Å²) in [4.78, 5) is 13.7. The summed E-state index contributed by atoms with van der Waals surface area (Å²) in [5.41, 5.74) is 3.55. The first-order chi connectivity index (χ1) is 11.0. The fourth-order valence-corrected chi connectivity index (χ4v) is 3.41. The topological polar surface area (TPSA) is 63.5 Å². The van der Waals surface area contributed by atoms with Gasteiger partial charge < -0.3 is 0 Å². The lowest BCUT2D eigenvalue weighted by Crippen LogP contribution is -2.30. The maximum absolute atomic E-state index is 11.4. The van der Waals surface area contributed by atoms with Crippen molar-refractivity contribution in [1.82, 2.24) is 4.90 Å². The van der Waals surface area contributed by atoms with Crippen molar-refractivity contribution in [2.24, 2.45) is 0 Å². The van der Waals surface area contributed by atoms with Crippen molar-refractivity contribution in [3.8, 4) is 0 Å². The lowest BCUT2D eigenvalue weighted by molar-refractivity contribution is -0.385. The van der Waals surface area contributed by atoms with Gasteiger partial charge in [-0.05, 0) is 35.2 Å². The van der Waals surface area contributed by atoms with E-state index in [0.29, 0.717) is 0 Å². The van der Waals surface area contributed by atoms with E-state index in [2.05, 4.69) is 4.90 Å². The SMILES string of the molecule is C[S@](=O)c1ccc(CN2CCc3ccc([N+](=O)[O-])cc3C2)cc1. The first-order valence-corrected chi connectivity index (χ1v) is 8.99. The molecule has 1 aliphatic heterocycles. The van der Waals surface area contributed by atoms with Crippen LogP contribution in [0.5, 0.6) is 0 Å². The second kappa shape index (κ2) is 6.60. The number of rotatable bonds is 4. The van der Waals surface area contributed by atoms with E-state index in [4.69, 9.17) is 0 Å². The van der Waals surface area contributed by atoms with Crippen molar-refractivity contribution in [3.05, 3.63) is 69.3 Å². The highest BCUT2D eigenvalue weighted by Crippen LogP contribution is 2.24. The highest BCUT2D eigenvalue weighted by atomic mass is 32.2. The van der Waals surface area contributed by atoms with Gasteiger partial charge in [0, 0.05) is 53.7 Å². The Morgan fingerprint density at radius 2 is 1.91 bits per heavy atom. The van der Waals surface area contributed by atoms with Gasteiger partial charge in [-0.3, -0.25) is 19.2 Å². The van der Waals surface area contributed by atoms with Crippen LogP contribution in [0.1, 0.15) is 16.7 Å². The Balaban J connectivity index is 1.72. The number of nitrogens with zero attached hydrogens (tertiary/aromatic N) is 2. The zero-order valence-corrected chi connectivity index (χ0v) is 13.7. The average molecular weight is 330 g/mol. The zero-order valence-electron chi connectivity index (χ0n) is 12.9. The Hall–Kier alpha value is -2.05. The fraction of sp³-hybridized carbons (Fsp3) is 0.294. The summed E-state index contributed by atoms with van der Waals surface area (Å²) in [5.74, 6) is 0. The molecule has 0 saturated carbocycles. The van der Waals surface area contributed by atoms with Crippen molar-refractivity contribution in [2.75, 3.05) is 12.8 Å². The number of fused-ring (bicyclic) bond motifs is 1. The quantitative estimate of drug-likeness (QED) is 0.639. The molecule has 0 bridgehead atoms. The minimum Gasteiger partial charge on any atom is -0.294 e. The first-order valence-electron chi connectivity index (χ1n) is 7.44. The largest absolute Gasteiger partial charge is 0.294 e. The maximum Gasteiger partial charge on any atom is 0.269 e. The third kappa shape index (κ3) is 3.65. The summed E-state index contributed by atoms with van der Waals surface area (Å²) in [6.07, 6.45) is 2.58. The van der Waals surface area contributed by atoms with E-state index >= 15 is 0 Å². The lowest BCUT2D eigenvalue weighted by atomic mass is 9.98.